The van der Waals surface area contributed by atoms with Crippen molar-refractivity contribution in [2.24, 2.45) is 0 Å². The zero-order chi connectivity index (χ0) is 7.11. The van der Waals surface area contributed by atoms with Crippen molar-refractivity contribution in [1.82, 2.24) is 5.32 Å². The Bertz CT molecular complexity index is 99.5. The monoisotopic (exact) mass is 124 g/mol. The average molecular weight is 124 g/mol. The fraction of sp³-hybridized carbons (Fsp3) is 0.286. The Hall–Kier alpha value is -1.05. The van der Waals surface area contributed by atoms with Crippen molar-refractivity contribution in [3.05, 3.63) is 25.3 Å². The Labute approximate surface area is 55.3 Å². The molecule has 1 N–H and O–H groups in total. The molecule has 49 valence electrons. The molecule has 0 saturated carbocycles. The SMILES string of the molecule is C=CCC(C=C)N[C]=O. The van der Waals surface area contributed by atoms with Crippen LogP contribution in [0.2, 0.25) is 0 Å². The van der Waals surface area contributed by atoms with Gasteiger partial charge in [-0.3, -0.25) is 4.79 Å². The quantitative estimate of drug-likeness (QED) is 0.425. The second-order valence-electron chi connectivity index (χ2n) is 1.61. The third-order valence-corrected chi connectivity index (χ3v) is 0.949. The molecule has 0 fully saturated rings. The van der Waals surface area contributed by atoms with Crippen LogP contribution in [0.4, 0.5) is 0 Å². The van der Waals surface area contributed by atoms with Gasteiger partial charge in [0.15, 0.2) is 0 Å². The average Bonchev–Trinajstić information content (AvgIpc) is 1.88. The molecule has 0 aliphatic carbocycles. The van der Waals surface area contributed by atoms with E-state index in [4.69, 9.17) is 0 Å². The molecule has 0 aliphatic heterocycles. The highest BCUT2D eigenvalue weighted by atomic mass is 16.1. The minimum Gasteiger partial charge on any atom is -0.341 e. The van der Waals surface area contributed by atoms with Gasteiger partial charge in [0.05, 0.1) is 6.04 Å². The summed E-state index contributed by atoms with van der Waals surface area (Å²) in [6.07, 6.45) is 5.66. The van der Waals surface area contributed by atoms with Crippen molar-refractivity contribution in [1.29, 1.82) is 0 Å². The van der Waals surface area contributed by atoms with Crippen molar-refractivity contribution in [2.75, 3.05) is 0 Å². The molecular weight excluding hydrogens is 114 g/mol. The van der Waals surface area contributed by atoms with Gasteiger partial charge < -0.3 is 5.32 Å². The minimum atomic E-state index is -0.0139. The summed E-state index contributed by atoms with van der Waals surface area (Å²) in [6.45, 7) is 7.02. The highest BCUT2D eigenvalue weighted by molar-refractivity contribution is 5.48. The molecule has 2 nitrogen and oxygen atoms in total. The Morgan fingerprint density at radius 1 is 1.67 bits per heavy atom. The van der Waals surface area contributed by atoms with E-state index in [1.54, 1.807) is 18.6 Å². The number of hydrogen-bond donors (Lipinski definition) is 1. The molecule has 0 rings (SSSR count). The summed E-state index contributed by atoms with van der Waals surface area (Å²) in [4.78, 5) is 9.73. The van der Waals surface area contributed by atoms with Crippen molar-refractivity contribution in [2.45, 2.75) is 12.5 Å². The summed E-state index contributed by atoms with van der Waals surface area (Å²) in [7, 11) is 0. The Balaban J connectivity index is 3.51. The van der Waals surface area contributed by atoms with Crippen LogP contribution in [0, 0.1) is 0 Å². The zero-order valence-electron chi connectivity index (χ0n) is 5.26. The zero-order valence-corrected chi connectivity index (χ0v) is 5.26. The number of hydrogen-bond acceptors (Lipinski definition) is 1. The molecule has 0 aliphatic rings. The van der Waals surface area contributed by atoms with E-state index in [1.807, 2.05) is 0 Å². The molecule has 0 aromatic carbocycles. The fourth-order valence-electron chi connectivity index (χ4n) is 0.469. The summed E-state index contributed by atoms with van der Waals surface area (Å²) in [6, 6.07) is -0.0139. The van der Waals surface area contributed by atoms with Crippen LogP contribution < -0.4 is 5.32 Å². The van der Waals surface area contributed by atoms with Crippen molar-refractivity contribution >= 4 is 6.41 Å². The molecule has 1 radical (unpaired) electrons. The maximum atomic E-state index is 9.73. The van der Waals surface area contributed by atoms with Gasteiger partial charge in [-0.05, 0) is 6.42 Å². The van der Waals surface area contributed by atoms with E-state index in [0.29, 0.717) is 6.42 Å². The summed E-state index contributed by atoms with van der Waals surface area (Å²) in [5, 5.41) is 2.44. The van der Waals surface area contributed by atoms with Gasteiger partial charge in [-0.25, -0.2) is 0 Å². The first-order valence-corrected chi connectivity index (χ1v) is 2.71. The van der Waals surface area contributed by atoms with Crippen LogP contribution in [0.1, 0.15) is 6.42 Å². The molecule has 1 amide bonds. The lowest BCUT2D eigenvalue weighted by atomic mass is 10.2. The highest BCUT2D eigenvalue weighted by Crippen LogP contribution is 1.90. The summed E-state index contributed by atoms with van der Waals surface area (Å²) in [5.74, 6) is 0. The third kappa shape index (κ3) is 3.53. The summed E-state index contributed by atoms with van der Waals surface area (Å²) < 4.78 is 0. The predicted octanol–water partition coefficient (Wildman–Crippen LogP) is 0.774. The molecular formula is C7H10NO. The third-order valence-electron chi connectivity index (χ3n) is 0.949. The van der Waals surface area contributed by atoms with E-state index in [1.165, 1.54) is 0 Å². The number of rotatable bonds is 5. The molecule has 2 heteroatoms. The van der Waals surface area contributed by atoms with Gasteiger partial charge in [0, 0.05) is 0 Å². The Kier molecular flexibility index (Phi) is 4.50. The Morgan fingerprint density at radius 2 is 2.33 bits per heavy atom. The van der Waals surface area contributed by atoms with Gasteiger partial charge in [0.25, 0.3) is 0 Å². The number of nitrogens with one attached hydrogen (secondary N) is 1. The van der Waals surface area contributed by atoms with E-state index in [0.717, 1.165) is 0 Å². The van der Waals surface area contributed by atoms with Crippen molar-refractivity contribution in [3.8, 4) is 0 Å². The van der Waals surface area contributed by atoms with E-state index in [-0.39, 0.29) is 6.04 Å². The van der Waals surface area contributed by atoms with Gasteiger partial charge >= 0.3 is 6.41 Å². The van der Waals surface area contributed by atoms with Gasteiger partial charge in [-0.15, -0.1) is 13.2 Å². The molecule has 0 heterocycles. The second kappa shape index (κ2) is 5.09. The predicted molar refractivity (Wildman–Crippen MR) is 37.6 cm³/mol. The smallest absolute Gasteiger partial charge is 0.309 e. The van der Waals surface area contributed by atoms with E-state index in [9.17, 15) is 4.79 Å². The van der Waals surface area contributed by atoms with Gasteiger partial charge in [0.2, 0.25) is 0 Å². The van der Waals surface area contributed by atoms with Crippen molar-refractivity contribution in [3.63, 3.8) is 0 Å². The van der Waals surface area contributed by atoms with Gasteiger partial charge in [0.1, 0.15) is 0 Å². The topological polar surface area (TPSA) is 29.1 Å². The molecule has 1 atom stereocenters. The van der Waals surface area contributed by atoms with E-state index < -0.39 is 0 Å². The molecule has 0 saturated heterocycles. The summed E-state index contributed by atoms with van der Waals surface area (Å²) in [5.41, 5.74) is 0. The second-order valence-corrected chi connectivity index (χ2v) is 1.61. The Morgan fingerprint density at radius 3 is 2.67 bits per heavy atom. The molecule has 0 bridgehead atoms. The van der Waals surface area contributed by atoms with Crippen LogP contribution in [0.3, 0.4) is 0 Å². The molecule has 9 heavy (non-hydrogen) atoms. The maximum absolute atomic E-state index is 9.73. The lowest BCUT2D eigenvalue weighted by Gasteiger charge is -2.04. The minimum absolute atomic E-state index is 0.0139. The van der Waals surface area contributed by atoms with Crippen molar-refractivity contribution < 1.29 is 4.79 Å². The first kappa shape index (κ1) is 7.95. The first-order chi connectivity index (χ1) is 4.35. The normalized spacial score (nSPS) is 11.6. The molecule has 0 aromatic heterocycles. The van der Waals surface area contributed by atoms with Crippen LogP contribution in [-0.2, 0) is 4.79 Å². The lowest BCUT2D eigenvalue weighted by Crippen LogP contribution is -2.24. The van der Waals surface area contributed by atoms with Crippen LogP contribution >= 0.6 is 0 Å². The number of amides is 1. The highest BCUT2D eigenvalue weighted by Gasteiger charge is 1.96. The lowest BCUT2D eigenvalue weighted by molar-refractivity contribution is 0.533. The maximum Gasteiger partial charge on any atom is 0.309 e. The molecule has 0 spiro atoms. The number of carbonyl (C=O) groups excluding carboxylic acids is 1. The fourth-order valence-corrected chi connectivity index (χ4v) is 0.469. The standard InChI is InChI=1S/C7H10NO/c1-3-5-7(4-2)8-6-9/h3-4,7H,1-2,5H2,(H,8,9). The van der Waals surface area contributed by atoms with Gasteiger partial charge in [-0.1, -0.05) is 12.2 Å². The largest absolute Gasteiger partial charge is 0.341 e. The van der Waals surface area contributed by atoms with Crippen LogP contribution in [-0.4, -0.2) is 12.5 Å². The van der Waals surface area contributed by atoms with Crippen LogP contribution in [0.25, 0.3) is 0 Å². The van der Waals surface area contributed by atoms with Crippen LogP contribution in [0.15, 0.2) is 25.3 Å². The first-order valence-electron chi connectivity index (χ1n) is 2.71. The van der Waals surface area contributed by atoms with E-state index in [2.05, 4.69) is 18.5 Å². The van der Waals surface area contributed by atoms with E-state index >= 15 is 0 Å². The summed E-state index contributed by atoms with van der Waals surface area (Å²) >= 11 is 0. The van der Waals surface area contributed by atoms with Gasteiger partial charge in [-0.2, -0.15) is 0 Å². The van der Waals surface area contributed by atoms with Crippen LogP contribution in [0.5, 0.6) is 0 Å². The molecule has 1 unspecified atom stereocenters. The molecule has 0 aromatic rings.